The Morgan fingerprint density at radius 3 is 2.83 bits per heavy atom. The Morgan fingerprint density at radius 2 is 2.12 bits per heavy atom. The van der Waals surface area contributed by atoms with Gasteiger partial charge in [-0.2, -0.15) is 5.10 Å². The van der Waals surface area contributed by atoms with Crippen molar-refractivity contribution in [2.24, 2.45) is 0 Å². The summed E-state index contributed by atoms with van der Waals surface area (Å²) in [4.78, 5) is 26.4. The third-order valence-corrected chi connectivity index (χ3v) is 5.49. The highest BCUT2D eigenvalue weighted by atomic mass is 32.1. The third-order valence-electron chi connectivity index (χ3n) is 4.49. The number of rotatable bonds is 4. The maximum absolute atomic E-state index is 12.4. The normalized spacial score (nSPS) is 23.4. The van der Waals surface area contributed by atoms with Crippen LogP contribution in [0.15, 0.2) is 29.1 Å². The van der Waals surface area contributed by atoms with Crippen LogP contribution in [0, 0.1) is 6.92 Å². The van der Waals surface area contributed by atoms with E-state index in [0.717, 1.165) is 23.4 Å². The molecule has 3 heterocycles. The molecule has 0 spiro atoms. The summed E-state index contributed by atoms with van der Waals surface area (Å²) in [6.45, 7) is 2.74. The fourth-order valence-electron chi connectivity index (χ4n) is 2.99. The Hall–Kier alpha value is -1.99. The fraction of sp³-hybridized carbons (Fsp3) is 0.471. The van der Waals surface area contributed by atoms with Crippen LogP contribution in [0.3, 0.4) is 0 Å². The van der Waals surface area contributed by atoms with Crippen LogP contribution in [-0.2, 0) is 4.74 Å². The van der Waals surface area contributed by atoms with Gasteiger partial charge < -0.3 is 10.1 Å². The highest BCUT2D eigenvalue weighted by Gasteiger charge is 2.34. The first-order valence-electron chi connectivity index (χ1n) is 8.16. The minimum absolute atomic E-state index is 0.125. The molecule has 2 atom stereocenters. The maximum atomic E-state index is 12.4. The number of nitrogens with one attached hydrogen (secondary N) is 1. The van der Waals surface area contributed by atoms with E-state index in [0.29, 0.717) is 24.0 Å². The van der Waals surface area contributed by atoms with E-state index < -0.39 is 0 Å². The van der Waals surface area contributed by atoms with Crippen LogP contribution in [0.5, 0.6) is 0 Å². The first kappa shape index (κ1) is 15.5. The minimum Gasteiger partial charge on any atom is -0.377 e. The van der Waals surface area contributed by atoms with Crippen molar-refractivity contribution >= 4 is 17.2 Å². The van der Waals surface area contributed by atoms with Crippen molar-refractivity contribution in [3.8, 4) is 0 Å². The Balaban J connectivity index is 1.55. The number of amides is 1. The first-order chi connectivity index (χ1) is 11.6. The molecule has 0 radical (unpaired) electrons. The lowest BCUT2D eigenvalue weighted by Gasteiger charge is -2.20. The Morgan fingerprint density at radius 1 is 1.29 bits per heavy atom. The number of nitrogens with zero attached hydrogens (tertiary/aromatic N) is 2. The molecular formula is C17H19N3O3S. The minimum atomic E-state index is -0.263. The number of ether oxygens (including phenoxy) is 1. The lowest BCUT2D eigenvalue weighted by Crippen LogP contribution is -2.44. The fourth-order valence-corrected chi connectivity index (χ4v) is 3.76. The molecule has 2 aromatic heterocycles. The molecule has 1 amide bonds. The number of aromatic nitrogens is 2. The molecule has 24 heavy (non-hydrogen) atoms. The standard InChI is InChI=1S/C17H19N3O3S/c1-10-2-6-15(24-10)17(22)18-13-8-23-9-14(13)20-16(21)7-5-12(19-20)11-3-4-11/h2,5-7,11,13-14H,3-4,8-9H2,1H3,(H,18,22). The zero-order valence-corrected chi connectivity index (χ0v) is 14.2. The van der Waals surface area contributed by atoms with Gasteiger partial charge in [0, 0.05) is 16.9 Å². The van der Waals surface area contributed by atoms with Crippen molar-refractivity contribution in [3.63, 3.8) is 0 Å². The van der Waals surface area contributed by atoms with E-state index in [1.54, 1.807) is 6.07 Å². The van der Waals surface area contributed by atoms with E-state index in [9.17, 15) is 9.59 Å². The van der Waals surface area contributed by atoms with Gasteiger partial charge in [-0.15, -0.1) is 11.3 Å². The van der Waals surface area contributed by atoms with E-state index in [2.05, 4.69) is 10.4 Å². The Labute approximate surface area is 143 Å². The number of hydrogen-bond donors (Lipinski definition) is 1. The zero-order chi connectivity index (χ0) is 16.7. The van der Waals surface area contributed by atoms with Gasteiger partial charge in [-0.05, 0) is 38.0 Å². The molecule has 2 fully saturated rings. The van der Waals surface area contributed by atoms with Crippen LogP contribution >= 0.6 is 11.3 Å². The summed E-state index contributed by atoms with van der Waals surface area (Å²) in [6.07, 6.45) is 2.26. The second-order valence-electron chi connectivity index (χ2n) is 6.41. The molecule has 1 aliphatic heterocycles. The lowest BCUT2D eigenvalue weighted by atomic mass is 10.1. The molecule has 126 valence electrons. The molecule has 1 saturated heterocycles. The molecular weight excluding hydrogens is 326 g/mol. The molecule has 0 bridgehead atoms. The van der Waals surface area contributed by atoms with Gasteiger partial charge in [-0.3, -0.25) is 9.59 Å². The van der Waals surface area contributed by atoms with Gasteiger partial charge >= 0.3 is 0 Å². The van der Waals surface area contributed by atoms with Gasteiger partial charge in [-0.1, -0.05) is 0 Å². The maximum Gasteiger partial charge on any atom is 0.267 e. The molecule has 1 aliphatic carbocycles. The number of aryl methyl sites for hydroxylation is 1. The second kappa shape index (κ2) is 6.14. The van der Waals surface area contributed by atoms with Crippen LogP contribution in [0.25, 0.3) is 0 Å². The highest BCUT2D eigenvalue weighted by molar-refractivity contribution is 7.13. The van der Waals surface area contributed by atoms with Crippen LogP contribution in [0.2, 0.25) is 0 Å². The van der Waals surface area contributed by atoms with Crippen LogP contribution in [-0.4, -0.2) is 34.9 Å². The van der Waals surface area contributed by atoms with Crippen LogP contribution in [0.4, 0.5) is 0 Å². The van der Waals surface area contributed by atoms with E-state index in [-0.39, 0.29) is 23.6 Å². The summed E-state index contributed by atoms with van der Waals surface area (Å²) in [7, 11) is 0. The average molecular weight is 345 g/mol. The number of thiophene rings is 1. The summed E-state index contributed by atoms with van der Waals surface area (Å²) in [6, 6.07) is 6.61. The van der Waals surface area contributed by atoms with Gasteiger partial charge in [0.1, 0.15) is 6.04 Å². The topological polar surface area (TPSA) is 73.2 Å². The van der Waals surface area contributed by atoms with E-state index in [1.807, 2.05) is 25.1 Å². The van der Waals surface area contributed by atoms with Crippen molar-refractivity contribution in [1.29, 1.82) is 0 Å². The SMILES string of the molecule is Cc1ccc(C(=O)NC2COCC2n2nc(C3CC3)ccc2=O)s1. The predicted molar refractivity (Wildman–Crippen MR) is 90.6 cm³/mol. The smallest absolute Gasteiger partial charge is 0.267 e. The van der Waals surface area contributed by atoms with Crippen molar-refractivity contribution in [2.75, 3.05) is 13.2 Å². The monoisotopic (exact) mass is 345 g/mol. The summed E-state index contributed by atoms with van der Waals surface area (Å²) >= 11 is 1.46. The second-order valence-corrected chi connectivity index (χ2v) is 7.70. The van der Waals surface area contributed by atoms with Gasteiger partial charge in [0.25, 0.3) is 11.5 Å². The molecule has 7 heteroatoms. The number of carbonyl (C=O) groups excluding carboxylic acids is 1. The first-order valence-corrected chi connectivity index (χ1v) is 8.98. The van der Waals surface area contributed by atoms with Gasteiger partial charge in [0.05, 0.1) is 29.8 Å². The number of hydrogen-bond acceptors (Lipinski definition) is 5. The van der Waals surface area contributed by atoms with Gasteiger partial charge in [0.2, 0.25) is 0 Å². The van der Waals surface area contributed by atoms with E-state index in [4.69, 9.17) is 4.74 Å². The molecule has 2 aliphatic rings. The summed E-state index contributed by atoms with van der Waals surface area (Å²) in [5.41, 5.74) is 0.807. The van der Waals surface area contributed by atoms with Gasteiger partial charge in [-0.25, -0.2) is 4.68 Å². The van der Waals surface area contributed by atoms with Crippen molar-refractivity contribution in [1.82, 2.24) is 15.1 Å². The van der Waals surface area contributed by atoms with Crippen LogP contribution < -0.4 is 10.9 Å². The molecule has 6 nitrogen and oxygen atoms in total. The molecule has 1 N–H and O–H groups in total. The Kier molecular flexibility index (Phi) is 3.97. The molecule has 0 aromatic carbocycles. The van der Waals surface area contributed by atoms with Crippen LogP contribution in [0.1, 0.15) is 45.0 Å². The third kappa shape index (κ3) is 3.01. The van der Waals surface area contributed by atoms with E-state index >= 15 is 0 Å². The predicted octanol–water partition coefficient (Wildman–Crippen LogP) is 1.86. The van der Waals surface area contributed by atoms with Gasteiger partial charge in [0.15, 0.2) is 0 Å². The highest BCUT2D eigenvalue weighted by Crippen LogP contribution is 2.38. The zero-order valence-electron chi connectivity index (χ0n) is 13.4. The summed E-state index contributed by atoms with van der Waals surface area (Å²) < 4.78 is 7.02. The number of carbonyl (C=O) groups is 1. The van der Waals surface area contributed by atoms with Crippen molar-refractivity contribution in [3.05, 3.63) is 50.1 Å². The molecule has 2 unspecified atom stereocenters. The molecule has 4 rings (SSSR count). The molecule has 2 aromatic rings. The Bertz CT molecular complexity index is 824. The molecule has 1 saturated carbocycles. The van der Waals surface area contributed by atoms with E-state index in [1.165, 1.54) is 16.0 Å². The summed E-state index contributed by atoms with van der Waals surface area (Å²) in [5, 5.41) is 7.52. The summed E-state index contributed by atoms with van der Waals surface area (Å²) in [5.74, 6) is 0.348. The quantitative estimate of drug-likeness (QED) is 0.918. The van der Waals surface area contributed by atoms with Crippen molar-refractivity contribution < 1.29 is 9.53 Å². The van der Waals surface area contributed by atoms with Crippen molar-refractivity contribution in [2.45, 2.75) is 37.8 Å². The largest absolute Gasteiger partial charge is 0.377 e. The lowest BCUT2D eigenvalue weighted by molar-refractivity contribution is 0.0928. The average Bonchev–Trinajstić information content (AvgIpc) is 3.17.